The van der Waals surface area contributed by atoms with Crippen LogP contribution in [-0.2, 0) is 11.2 Å². The van der Waals surface area contributed by atoms with E-state index in [-0.39, 0.29) is 11.7 Å². The van der Waals surface area contributed by atoms with Gasteiger partial charge in [0, 0.05) is 43.8 Å². The van der Waals surface area contributed by atoms with Gasteiger partial charge in [0.15, 0.2) is 6.17 Å². The molecule has 2 unspecified atom stereocenters. The number of halogens is 1. The van der Waals surface area contributed by atoms with Gasteiger partial charge in [-0.25, -0.2) is 24.4 Å². The van der Waals surface area contributed by atoms with Crippen LogP contribution in [-0.4, -0.2) is 72.7 Å². The van der Waals surface area contributed by atoms with Crippen LogP contribution >= 0.6 is 0 Å². The topological polar surface area (TPSA) is 79.3 Å². The van der Waals surface area contributed by atoms with Gasteiger partial charge in [-0.2, -0.15) is 0 Å². The maximum absolute atomic E-state index is 15.1. The Balaban J connectivity index is 1.26. The number of rotatable bonds is 5. The summed E-state index contributed by atoms with van der Waals surface area (Å²) in [6.45, 7) is 9.76. The summed E-state index contributed by atoms with van der Waals surface area (Å²) in [6.07, 6.45) is 4.87. The van der Waals surface area contributed by atoms with Crippen molar-refractivity contribution in [2.75, 3.05) is 55.0 Å². The molecule has 2 saturated heterocycles. The minimum atomic E-state index is -0.595. The number of piperazine rings is 1. The third-order valence-corrected chi connectivity index (χ3v) is 7.77. The number of likely N-dealkylation sites (N-methyl/N-ethyl adjacent to an activating group) is 1. The summed E-state index contributed by atoms with van der Waals surface area (Å²) in [5.41, 5.74) is 4.04. The molecule has 2 atom stereocenters. The highest BCUT2D eigenvalue weighted by Gasteiger charge is 2.45. The van der Waals surface area contributed by atoms with Gasteiger partial charge in [0.25, 0.3) is 5.91 Å². The van der Waals surface area contributed by atoms with Gasteiger partial charge in [0.2, 0.25) is 5.96 Å². The highest BCUT2D eigenvalue weighted by atomic mass is 19.1. The fraction of sp³-hybridized carbons (Fsp3) is 0.393. The average molecular weight is 517 g/mol. The highest BCUT2D eigenvalue weighted by molar-refractivity contribution is 6.04. The molecule has 2 N–H and O–H groups in total. The smallest absolute Gasteiger partial charge is 0.274 e. The van der Waals surface area contributed by atoms with E-state index in [1.54, 1.807) is 23.4 Å². The normalized spacial score (nSPS) is 23.0. The number of aliphatic imine (C=N–C) groups is 1. The number of hydrazine groups is 1. The van der Waals surface area contributed by atoms with E-state index in [2.05, 4.69) is 47.1 Å². The first-order chi connectivity index (χ1) is 18.4. The predicted octanol–water partition coefficient (Wildman–Crippen LogP) is 3.05. The number of fused-ring (bicyclic) bond motifs is 2. The standard InChI is InChI=1S/C28H33FN8O/c1-4-11-36-27(38)21-17-30-28(31-20-8-9-23(22(29)16-20)35-14-12-34(3)13-15-35)33-26(21)37(36)24-10-7-19-6-5-18(2)25(19)32-24/h4,7-10,16-18,26H,1,5-6,11-15H2,2-3H3,(H2,30,31,33). The molecule has 38 heavy (non-hydrogen) atoms. The molecule has 2 fully saturated rings. The summed E-state index contributed by atoms with van der Waals surface area (Å²) >= 11 is 0. The van der Waals surface area contributed by atoms with E-state index in [0.29, 0.717) is 41.2 Å². The minimum absolute atomic E-state index is 0.150. The number of aryl methyl sites for hydroxylation is 1. The number of carbonyl (C=O) groups is 1. The minimum Gasteiger partial charge on any atom is -0.367 e. The Hall–Kier alpha value is -3.92. The van der Waals surface area contributed by atoms with E-state index in [0.717, 1.165) is 44.7 Å². The molecule has 198 valence electrons. The number of hydrogen-bond acceptors (Lipinski definition) is 8. The van der Waals surface area contributed by atoms with Crippen molar-refractivity contribution < 1.29 is 9.18 Å². The molecule has 4 aliphatic rings. The van der Waals surface area contributed by atoms with Crippen molar-refractivity contribution in [2.24, 2.45) is 4.99 Å². The number of hydrogen-bond donors (Lipinski definition) is 2. The number of pyridine rings is 1. The third-order valence-electron chi connectivity index (χ3n) is 7.77. The van der Waals surface area contributed by atoms with Gasteiger partial charge < -0.3 is 20.4 Å². The monoisotopic (exact) mass is 516 g/mol. The summed E-state index contributed by atoms with van der Waals surface area (Å²) in [5.74, 6) is 1.05. The fourth-order valence-electron chi connectivity index (χ4n) is 5.59. The first kappa shape index (κ1) is 24.4. The number of nitrogens with zero attached hydrogens (tertiary/aromatic N) is 6. The van der Waals surface area contributed by atoms with Crippen molar-refractivity contribution >= 4 is 29.1 Å². The zero-order chi connectivity index (χ0) is 26.4. The van der Waals surface area contributed by atoms with Crippen LogP contribution in [0.25, 0.3) is 0 Å². The van der Waals surface area contributed by atoms with E-state index in [9.17, 15) is 4.79 Å². The maximum Gasteiger partial charge on any atom is 0.274 e. The van der Waals surface area contributed by atoms with Gasteiger partial charge in [-0.3, -0.25) is 4.79 Å². The molecule has 6 rings (SSSR count). The Morgan fingerprint density at radius 2 is 2.03 bits per heavy atom. The first-order valence-electron chi connectivity index (χ1n) is 13.2. The molecular weight excluding hydrogens is 483 g/mol. The third kappa shape index (κ3) is 4.28. The van der Waals surface area contributed by atoms with Gasteiger partial charge >= 0.3 is 0 Å². The summed E-state index contributed by atoms with van der Waals surface area (Å²) in [5, 5.41) is 9.71. The van der Waals surface area contributed by atoms with Gasteiger partial charge in [0.05, 0.1) is 17.8 Å². The number of guanidine groups is 1. The van der Waals surface area contributed by atoms with E-state index in [1.807, 2.05) is 17.1 Å². The second-order valence-electron chi connectivity index (χ2n) is 10.4. The van der Waals surface area contributed by atoms with Crippen LogP contribution in [0.1, 0.15) is 30.5 Å². The summed E-state index contributed by atoms with van der Waals surface area (Å²) < 4.78 is 15.1. The molecule has 1 aromatic heterocycles. The Labute approximate surface area is 222 Å². The van der Waals surface area contributed by atoms with Gasteiger partial charge in [-0.05, 0) is 55.6 Å². The Kier molecular flexibility index (Phi) is 6.27. The molecule has 0 radical (unpaired) electrons. The van der Waals surface area contributed by atoms with Gasteiger partial charge in [0.1, 0.15) is 11.6 Å². The molecule has 0 spiro atoms. The van der Waals surface area contributed by atoms with Crippen LogP contribution in [0.5, 0.6) is 0 Å². The summed E-state index contributed by atoms with van der Waals surface area (Å²) in [4.78, 5) is 27.4. The number of aromatic nitrogens is 1. The molecule has 10 heteroatoms. The molecule has 0 bridgehead atoms. The molecule has 0 saturated carbocycles. The van der Waals surface area contributed by atoms with Crippen LogP contribution in [0.2, 0.25) is 0 Å². The van der Waals surface area contributed by atoms with Crippen molar-refractivity contribution in [3.05, 3.63) is 71.8 Å². The van der Waals surface area contributed by atoms with E-state index >= 15 is 4.39 Å². The SMILES string of the molecule is C=CCN1C(=O)C2=CNC(Nc3ccc(N4CCN(C)CC4)c(F)c3)=NC2N1c1ccc2c(n1)C(C)CC2. The molecule has 1 aromatic carbocycles. The molecule has 1 aliphatic carbocycles. The van der Waals surface area contributed by atoms with Crippen LogP contribution in [0.3, 0.4) is 0 Å². The number of carbonyl (C=O) groups excluding carboxylic acids is 1. The number of amides is 1. The van der Waals surface area contributed by atoms with Crippen LogP contribution < -0.4 is 20.5 Å². The van der Waals surface area contributed by atoms with E-state index in [4.69, 9.17) is 9.98 Å². The highest BCUT2D eigenvalue weighted by Crippen LogP contribution is 2.36. The Morgan fingerprint density at radius 1 is 1.21 bits per heavy atom. The zero-order valence-corrected chi connectivity index (χ0v) is 21.8. The van der Waals surface area contributed by atoms with Crippen molar-refractivity contribution in [3.8, 4) is 0 Å². The molecule has 9 nitrogen and oxygen atoms in total. The van der Waals surface area contributed by atoms with Gasteiger partial charge in [-0.15, -0.1) is 6.58 Å². The van der Waals surface area contributed by atoms with Crippen molar-refractivity contribution in [3.63, 3.8) is 0 Å². The molecule has 4 heterocycles. The lowest BCUT2D eigenvalue weighted by molar-refractivity contribution is -0.124. The predicted molar refractivity (Wildman–Crippen MR) is 148 cm³/mol. The van der Waals surface area contributed by atoms with Crippen LogP contribution in [0, 0.1) is 5.82 Å². The molecule has 3 aliphatic heterocycles. The average Bonchev–Trinajstić information content (AvgIpc) is 3.41. The fourth-order valence-corrected chi connectivity index (χ4v) is 5.59. The summed E-state index contributed by atoms with van der Waals surface area (Å²) in [6, 6.07) is 9.21. The molecule has 1 amide bonds. The lowest BCUT2D eigenvalue weighted by Crippen LogP contribution is -2.45. The summed E-state index contributed by atoms with van der Waals surface area (Å²) in [7, 11) is 2.08. The van der Waals surface area contributed by atoms with Crippen LogP contribution in [0.15, 0.2) is 59.8 Å². The lowest BCUT2D eigenvalue weighted by atomic mass is 10.1. The number of anilines is 3. The van der Waals surface area contributed by atoms with Gasteiger partial charge in [-0.1, -0.05) is 19.1 Å². The second-order valence-corrected chi connectivity index (χ2v) is 10.4. The Bertz CT molecular complexity index is 1330. The molecule has 2 aromatic rings. The first-order valence-corrected chi connectivity index (χ1v) is 13.2. The zero-order valence-electron chi connectivity index (χ0n) is 21.8. The van der Waals surface area contributed by atoms with Crippen LogP contribution in [0.4, 0.5) is 21.6 Å². The Morgan fingerprint density at radius 3 is 2.79 bits per heavy atom. The number of benzene rings is 1. The maximum atomic E-state index is 15.1. The van der Waals surface area contributed by atoms with Crippen molar-refractivity contribution in [2.45, 2.75) is 31.8 Å². The molecular formula is C28H33FN8O. The largest absolute Gasteiger partial charge is 0.367 e. The lowest BCUT2D eigenvalue weighted by Gasteiger charge is -2.34. The van der Waals surface area contributed by atoms with E-state index in [1.165, 1.54) is 11.6 Å². The quantitative estimate of drug-likeness (QED) is 0.592. The second kappa shape index (κ2) is 9.75. The van der Waals surface area contributed by atoms with E-state index < -0.39 is 6.17 Å². The van der Waals surface area contributed by atoms with Crippen molar-refractivity contribution in [1.82, 2.24) is 20.2 Å². The number of nitrogens with one attached hydrogen (secondary N) is 2. The van der Waals surface area contributed by atoms with Crippen molar-refractivity contribution in [1.29, 1.82) is 0 Å².